The number of nitrogens with two attached hydrogens (primary N) is 1. The highest BCUT2D eigenvalue weighted by atomic mass is 35.5. The molecule has 33 heavy (non-hydrogen) atoms. The third kappa shape index (κ3) is 4.81. The van der Waals surface area contributed by atoms with E-state index in [-0.39, 0.29) is 21.1 Å². The van der Waals surface area contributed by atoms with Gasteiger partial charge in [-0.15, -0.1) is 0 Å². The summed E-state index contributed by atoms with van der Waals surface area (Å²) in [4.78, 5) is 30.1. The van der Waals surface area contributed by atoms with Gasteiger partial charge in [-0.25, -0.2) is 4.79 Å². The molecule has 4 N–H and O–H groups in total. The number of benzene rings is 2. The number of halogens is 2. The van der Waals surface area contributed by atoms with E-state index in [0.717, 1.165) is 0 Å². The molecule has 1 amide bonds. The highest BCUT2D eigenvalue weighted by Crippen LogP contribution is 2.47. The number of methoxy groups -OCH3 is 2. The molecule has 10 nitrogen and oxygen atoms in total. The van der Waals surface area contributed by atoms with Crippen LogP contribution in [0.25, 0.3) is 22.2 Å². The number of aromatic carboxylic acids is 1. The second-order valence-corrected chi connectivity index (χ2v) is 7.09. The lowest BCUT2D eigenvalue weighted by Gasteiger charge is -2.16. The molecule has 0 radical (unpaired) electrons. The molecule has 0 saturated heterocycles. The Hall–Kier alpha value is -3.89. The van der Waals surface area contributed by atoms with Crippen LogP contribution >= 0.6 is 23.2 Å². The summed E-state index contributed by atoms with van der Waals surface area (Å²) >= 11 is 12.9. The Morgan fingerprint density at radius 3 is 2.03 bits per heavy atom. The number of fused-ring (bicyclic) bond motifs is 1. The van der Waals surface area contributed by atoms with Crippen molar-refractivity contribution in [2.24, 2.45) is 5.73 Å². The summed E-state index contributed by atoms with van der Waals surface area (Å²) < 4.78 is 10.6. The number of amides is 1. The predicted octanol–water partition coefficient (Wildman–Crippen LogP) is 3.83. The number of aromatic amines is 1. The first kappa shape index (κ1) is 23.8. The summed E-state index contributed by atoms with van der Waals surface area (Å²) in [6.45, 7) is 0. The molecular formula is C21H17Cl2N5O5. The van der Waals surface area contributed by atoms with Gasteiger partial charge in [0.15, 0.2) is 0 Å². The molecular weight excluding hydrogens is 473 g/mol. The van der Waals surface area contributed by atoms with E-state index < -0.39 is 11.9 Å². The molecule has 12 heteroatoms. The first-order valence-corrected chi connectivity index (χ1v) is 9.92. The van der Waals surface area contributed by atoms with E-state index in [9.17, 15) is 14.7 Å². The zero-order chi connectivity index (χ0) is 24.1. The summed E-state index contributed by atoms with van der Waals surface area (Å²) in [6, 6.07) is 6.12. The van der Waals surface area contributed by atoms with Crippen LogP contribution in [0.4, 0.5) is 0 Å². The second kappa shape index (κ2) is 10.2. The van der Waals surface area contributed by atoms with Crippen LogP contribution in [0.5, 0.6) is 11.5 Å². The van der Waals surface area contributed by atoms with Crippen LogP contribution in [0.1, 0.15) is 20.8 Å². The SMILES string of the molecule is COc1cc(OC)c(Cl)c(-c2ccc(C(=O)O)c3nccnc23)c1Cl.NC(=O)c1ccn[nH]1. The fraction of sp³-hybridized carbons (Fsp3) is 0.0952. The van der Waals surface area contributed by atoms with E-state index in [4.69, 9.17) is 38.4 Å². The first-order chi connectivity index (χ1) is 15.8. The smallest absolute Gasteiger partial charge is 0.337 e. The molecule has 0 bridgehead atoms. The summed E-state index contributed by atoms with van der Waals surface area (Å²) in [5.41, 5.74) is 6.78. The number of nitrogens with one attached hydrogen (secondary N) is 1. The third-order valence-corrected chi connectivity index (χ3v) is 5.22. The number of carbonyl (C=O) groups is 2. The van der Waals surface area contributed by atoms with Gasteiger partial charge in [-0.3, -0.25) is 19.9 Å². The molecule has 0 aliphatic rings. The molecule has 170 valence electrons. The molecule has 2 aromatic carbocycles. The topological polar surface area (TPSA) is 153 Å². The number of primary amides is 1. The summed E-state index contributed by atoms with van der Waals surface area (Å²) in [7, 11) is 2.95. The monoisotopic (exact) mass is 489 g/mol. The van der Waals surface area contributed by atoms with Crippen molar-refractivity contribution in [3.05, 3.63) is 64.2 Å². The van der Waals surface area contributed by atoms with Crippen LogP contribution in [-0.4, -0.2) is 51.4 Å². The molecule has 0 fully saturated rings. The molecule has 0 saturated carbocycles. The van der Waals surface area contributed by atoms with Gasteiger partial charge in [0, 0.05) is 35.8 Å². The van der Waals surface area contributed by atoms with E-state index in [1.54, 1.807) is 12.1 Å². The maximum Gasteiger partial charge on any atom is 0.337 e. The van der Waals surface area contributed by atoms with E-state index in [0.29, 0.717) is 33.8 Å². The molecule has 0 aliphatic heterocycles. The van der Waals surface area contributed by atoms with Gasteiger partial charge >= 0.3 is 5.97 Å². The molecule has 4 rings (SSSR count). The van der Waals surface area contributed by atoms with Gasteiger partial charge in [0.25, 0.3) is 5.91 Å². The van der Waals surface area contributed by atoms with E-state index >= 15 is 0 Å². The van der Waals surface area contributed by atoms with Gasteiger partial charge in [0.2, 0.25) is 0 Å². The van der Waals surface area contributed by atoms with Crippen LogP contribution in [0, 0.1) is 0 Å². The van der Waals surface area contributed by atoms with Crippen LogP contribution in [0.15, 0.2) is 42.9 Å². The van der Waals surface area contributed by atoms with Gasteiger partial charge in [0.05, 0.1) is 35.3 Å². The molecule has 0 spiro atoms. The lowest BCUT2D eigenvalue weighted by Crippen LogP contribution is -2.10. The zero-order valence-electron chi connectivity index (χ0n) is 17.3. The van der Waals surface area contributed by atoms with Gasteiger partial charge in [-0.1, -0.05) is 29.3 Å². The summed E-state index contributed by atoms with van der Waals surface area (Å²) in [5, 5.41) is 15.8. The lowest BCUT2D eigenvalue weighted by molar-refractivity contribution is 0.0698. The number of hydrogen-bond acceptors (Lipinski definition) is 7. The van der Waals surface area contributed by atoms with Crippen molar-refractivity contribution < 1.29 is 24.2 Å². The Morgan fingerprint density at radius 2 is 1.58 bits per heavy atom. The Kier molecular flexibility index (Phi) is 7.31. The van der Waals surface area contributed by atoms with Crippen molar-refractivity contribution in [2.45, 2.75) is 0 Å². The third-order valence-electron chi connectivity index (χ3n) is 4.46. The molecule has 0 aliphatic carbocycles. The van der Waals surface area contributed by atoms with E-state index in [1.807, 2.05) is 0 Å². The highest BCUT2D eigenvalue weighted by molar-refractivity contribution is 6.41. The number of H-pyrrole nitrogens is 1. The number of aromatic nitrogens is 4. The molecule has 2 heterocycles. The van der Waals surface area contributed by atoms with Crippen molar-refractivity contribution in [1.29, 1.82) is 0 Å². The Morgan fingerprint density at radius 1 is 0.970 bits per heavy atom. The molecule has 2 aromatic heterocycles. The minimum absolute atomic E-state index is 0.0361. The summed E-state index contributed by atoms with van der Waals surface area (Å²) in [6.07, 6.45) is 4.37. The fourth-order valence-corrected chi connectivity index (χ4v) is 3.65. The minimum Gasteiger partial charge on any atom is -0.495 e. The number of hydrogen-bond donors (Lipinski definition) is 3. The van der Waals surface area contributed by atoms with Crippen LogP contribution < -0.4 is 15.2 Å². The van der Waals surface area contributed by atoms with Crippen LogP contribution in [-0.2, 0) is 0 Å². The second-order valence-electron chi connectivity index (χ2n) is 6.34. The minimum atomic E-state index is -1.10. The quantitative estimate of drug-likeness (QED) is 0.382. The first-order valence-electron chi connectivity index (χ1n) is 9.16. The van der Waals surface area contributed by atoms with Gasteiger partial charge < -0.3 is 20.3 Å². The van der Waals surface area contributed by atoms with Crippen molar-refractivity contribution in [3.63, 3.8) is 0 Å². The number of carboxylic acid groups (broad SMARTS) is 1. The lowest BCUT2D eigenvalue weighted by atomic mass is 10.00. The van der Waals surface area contributed by atoms with Crippen LogP contribution in [0.2, 0.25) is 10.0 Å². The van der Waals surface area contributed by atoms with Crippen molar-refractivity contribution in [3.8, 4) is 22.6 Å². The van der Waals surface area contributed by atoms with Crippen molar-refractivity contribution in [2.75, 3.05) is 14.2 Å². The fourth-order valence-electron chi connectivity index (χ4n) is 2.95. The predicted molar refractivity (Wildman–Crippen MR) is 122 cm³/mol. The van der Waals surface area contributed by atoms with E-state index in [1.165, 1.54) is 44.9 Å². The highest BCUT2D eigenvalue weighted by Gasteiger charge is 2.22. The molecule has 0 atom stereocenters. The number of nitrogens with zero attached hydrogens (tertiary/aromatic N) is 3. The van der Waals surface area contributed by atoms with Crippen LogP contribution in [0.3, 0.4) is 0 Å². The summed E-state index contributed by atoms with van der Waals surface area (Å²) in [5.74, 6) is -0.838. The zero-order valence-corrected chi connectivity index (χ0v) is 18.8. The number of carboxylic acids is 1. The number of ether oxygens (including phenoxy) is 2. The largest absolute Gasteiger partial charge is 0.495 e. The van der Waals surface area contributed by atoms with Gasteiger partial charge in [-0.2, -0.15) is 5.10 Å². The van der Waals surface area contributed by atoms with E-state index in [2.05, 4.69) is 20.2 Å². The Balaban J connectivity index is 0.000000323. The van der Waals surface area contributed by atoms with Gasteiger partial charge in [-0.05, 0) is 12.1 Å². The maximum absolute atomic E-state index is 11.4. The Labute approximate surface area is 197 Å². The standard InChI is InChI=1S/C17H12Cl2N2O4.C4H5N3O/c1-24-10-7-11(25-2)14(19)12(13(10)18)8-3-4-9(17(22)23)16-15(8)20-5-6-21-16;5-4(8)3-1-2-6-7-3/h3-7H,1-2H3,(H,22,23);1-2H,(H2,5,8)(H,6,7). The van der Waals surface area contributed by atoms with Gasteiger partial charge in [0.1, 0.15) is 22.7 Å². The number of carbonyl (C=O) groups excluding carboxylic acids is 1. The average molecular weight is 490 g/mol. The van der Waals surface area contributed by atoms with Crippen molar-refractivity contribution >= 4 is 46.1 Å². The molecule has 4 aromatic rings. The number of rotatable bonds is 5. The van der Waals surface area contributed by atoms with Crippen molar-refractivity contribution in [1.82, 2.24) is 20.2 Å². The maximum atomic E-state index is 11.4. The normalized spacial score (nSPS) is 10.3. The average Bonchev–Trinajstić information content (AvgIpc) is 3.35. The molecule has 0 unspecified atom stereocenters. The Bertz CT molecular complexity index is 1300.